The molecule has 1 saturated heterocycles. The Kier molecular flexibility index (Phi) is 6.58. The molecule has 0 aromatic rings. The van der Waals surface area contributed by atoms with Crippen LogP contribution in [0, 0.1) is 0 Å². The van der Waals surface area contributed by atoms with Gasteiger partial charge in [0.1, 0.15) is 5.60 Å². The van der Waals surface area contributed by atoms with E-state index in [-0.39, 0.29) is 10.9 Å². The lowest BCUT2D eigenvalue weighted by Gasteiger charge is -2.36. The summed E-state index contributed by atoms with van der Waals surface area (Å²) in [5.41, 5.74) is -0.540. The maximum atomic E-state index is 12.7. The van der Waals surface area contributed by atoms with E-state index < -0.39 is 25.6 Å². The maximum absolute atomic E-state index is 12.7. The fourth-order valence-electron chi connectivity index (χ4n) is 2.60. The molecule has 0 unspecified atom stereocenters. The Morgan fingerprint density at radius 1 is 1.19 bits per heavy atom. The molecule has 1 fully saturated rings. The molecule has 0 spiro atoms. The van der Waals surface area contributed by atoms with Crippen LogP contribution >= 0.6 is 0 Å². The van der Waals surface area contributed by atoms with Crippen LogP contribution < -0.4 is 0 Å². The maximum Gasteiger partial charge on any atom is 0.417 e. The minimum Gasteiger partial charge on any atom is -0.443 e. The second-order valence-corrected chi connectivity index (χ2v) is 15.0. The Hall–Kier alpha value is -1.14. The molecule has 0 aliphatic carbocycles. The molecular weight excluding hydrogens is 346 g/mol. The Morgan fingerprint density at radius 3 is 2.19 bits per heavy atom. The highest BCUT2D eigenvalue weighted by atomic mass is 28.4. The molecule has 150 valence electrons. The number of ether oxygens (including phenoxy) is 1. The van der Waals surface area contributed by atoms with Crippen LogP contribution in [0.1, 0.15) is 68.2 Å². The van der Waals surface area contributed by atoms with Gasteiger partial charge in [-0.2, -0.15) is 0 Å². The predicted molar refractivity (Wildman–Crippen MR) is 108 cm³/mol. The van der Waals surface area contributed by atoms with Gasteiger partial charge >= 0.3 is 6.09 Å². The van der Waals surface area contributed by atoms with Crippen molar-refractivity contribution in [3.63, 3.8) is 0 Å². The lowest BCUT2D eigenvalue weighted by Crippen LogP contribution is -2.47. The lowest BCUT2D eigenvalue weighted by molar-refractivity contribution is -0.127. The molecule has 0 atom stereocenters. The molecule has 0 aromatic carbocycles. The topological polar surface area (TPSA) is 55.8 Å². The van der Waals surface area contributed by atoms with Crippen molar-refractivity contribution >= 4 is 20.3 Å². The van der Waals surface area contributed by atoms with Gasteiger partial charge in [-0.15, -0.1) is 0 Å². The zero-order valence-corrected chi connectivity index (χ0v) is 19.3. The van der Waals surface area contributed by atoms with E-state index in [1.54, 1.807) is 20.8 Å². The molecule has 6 heteroatoms. The Balaban J connectivity index is 2.77. The lowest BCUT2D eigenvalue weighted by atomic mass is 9.99. The van der Waals surface area contributed by atoms with Crippen molar-refractivity contribution in [1.82, 2.24) is 4.90 Å². The number of amides is 2. The molecule has 1 rings (SSSR count). The molecule has 26 heavy (non-hydrogen) atoms. The van der Waals surface area contributed by atoms with Crippen LogP contribution in [0.15, 0.2) is 11.6 Å². The minimum atomic E-state index is -1.78. The summed E-state index contributed by atoms with van der Waals surface area (Å²) in [5, 5.41) is 0.166. The fourth-order valence-corrected chi connectivity index (χ4v) is 3.66. The van der Waals surface area contributed by atoms with E-state index in [9.17, 15) is 9.59 Å². The zero-order valence-electron chi connectivity index (χ0n) is 18.3. The van der Waals surface area contributed by atoms with Crippen molar-refractivity contribution in [3.8, 4) is 0 Å². The molecule has 2 amide bonds. The first kappa shape index (κ1) is 22.9. The Labute approximate surface area is 160 Å². The number of rotatable bonds is 4. The van der Waals surface area contributed by atoms with Gasteiger partial charge in [-0.3, -0.25) is 4.79 Å². The molecule has 0 radical (unpaired) electrons. The van der Waals surface area contributed by atoms with Gasteiger partial charge in [-0.1, -0.05) is 26.8 Å². The van der Waals surface area contributed by atoms with Crippen molar-refractivity contribution in [3.05, 3.63) is 11.6 Å². The first-order chi connectivity index (χ1) is 11.5. The first-order valence-electron chi connectivity index (χ1n) is 9.38. The van der Waals surface area contributed by atoms with E-state index in [1.165, 1.54) is 4.90 Å². The van der Waals surface area contributed by atoms with Crippen LogP contribution in [0.25, 0.3) is 0 Å². The standard InChI is InChI=1S/C20H37NO4Si/c1-18(2,3)25-17(23)21-16(22)15(14-20(21,7)8)12-11-13-24-26(9,10)19(4,5)6/h12H,11,13-14H2,1-10H3/b15-12+. The van der Waals surface area contributed by atoms with E-state index in [2.05, 4.69) is 33.9 Å². The second-order valence-electron chi connectivity index (χ2n) is 10.2. The summed E-state index contributed by atoms with van der Waals surface area (Å²) in [6.45, 7) is 20.8. The third-order valence-corrected chi connectivity index (χ3v) is 9.60. The number of hydrogen-bond acceptors (Lipinski definition) is 4. The number of nitrogens with zero attached hydrogens (tertiary/aromatic N) is 1. The van der Waals surface area contributed by atoms with Crippen LogP contribution in [0.2, 0.25) is 18.1 Å². The van der Waals surface area contributed by atoms with Crippen molar-refractivity contribution in [2.24, 2.45) is 0 Å². The van der Waals surface area contributed by atoms with E-state index in [0.29, 0.717) is 25.0 Å². The van der Waals surface area contributed by atoms with E-state index in [4.69, 9.17) is 9.16 Å². The van der Waals surface area contributed by atoms with Gasteiger partial charge in [0, 0.05) is 18.6 Å². The van der Waals surface area contributed by atoms with Gasteiger partial charge < -0.3 is 9.16 Å². The summed E-state index contributed by atoms with van der Waals surface area (Å²) >= 11 is 0. The van der Waals surface area contributed by atoms with Crippen LogP contribution in [0.5, 0.6) is 0 Å². The quantitative estimate of drug-likeness (QED) is 0.377. The highest BCUT2D eigenvalue weighted by Crippen LogP contribution is 2.37. The third kappa shape index (κ3) is 5.68. The Morgan fingerprint density at radius 2 is 1.73 bits per heavy atom. The molecule has 1 heterocycles. The number of carbonyl (C=O) groups excluding carboxylic acids is 2. The van der Waals surface area contributed by atoms with Crippen LogP contribution in [0.3, 0.4) is 0 Å². The normalized spacial score (nSPS) is 20.0. The Bertz CT molecular complexity index is 580. The predicted octanol–water partition coefficient (Wildman–Crippen LogP) is 5.27. The highest BCUT2D eigenvalue weighted by Gasteiger charge is 2.46. The van der Waals surface area contributed by atoms with Crippen LogP contribution in [0.4, 0.5) is 4.79 Å². The smallest absolute Gasteiger partial charge is 0.417 e. The summed E-state index contributed by atoms with van der Waals surface area (Å²) < 4.78 is 11.6. The van der Waals surface area contributed by atoms with Crippen molar-refractivity contribution in [2.45, 2.75) is 97.5 Å². The number of imide groups is 1. The van der Waals surface area contributed by atoms with Gasteiger partial charge in [-0.25, -0.2) is 9.69 Å². The van der Waals surface area contributed by atoms with E-state index in [1.807, 2.05) is 19.9 Å². The van der Waals surface area contributed by atoms with E-state index in [0.717, 1.165) is 0 Å². The number of hydrogen-bond donors (Lipinski definition) is 0. The van der Waals surface area contributed by atoms with Gasteiger partial charge in [0.05, 0.1) is 5.54 Å². The zero-order chi connectivity index (χ0) is 20.6. The van der Waals surface area contributed by atoms with Crippen molar-refractivity contribution in [2.75, 3.05) is 6.61 Å². The minimum absolute atomic E-state index is 0.166. The van der Waals surface area contributed by atoms with E-state index >= 15 is 0 Å². The fraction of sp³-hybridized carbons (Fsp3) is 0.800. The summed E-state index contributed by atoms with van der Waals surface area (Å²) in [7, 11) is -1.78. The SMILES string of the molecule is CC(C)(C)OC(=O)N1C(=O)/C(=C/CCO[Si](C)(C)C(C)(C)C)CC1(C)C. The average Bonchev–Trinajstić information content (AvgIpc) is 2.60. The summed E-state index contributed by atoms with van der Waals surface area (Å²) in [6.07, 6.45) is 2.55. The van der Waals surface area contributed by atoms with Crippen molar-refractivity contribution < 1.29 is 18.8 Å². The molecule has 0 bridgehead atoms. The monoisotopic (exact) mass is 383 g/mol. The number of carbonyl (C=O) groups is 2. The van der Waals surface area contributed by atoms with Crippen LogP contribution in [-0.2, 0) is 14.0 Å². The van der Waals surface area contributed by atoms with Crippen molar-refractivity contribution in [1.29, 1.82) is 0 Å². The molecule has 0 N–H and O–H groups in total. The third-order valence-electron chi connectivity index (χ3n) is 5.06. The molecule has 1 aliphatic rings. The molecule has 0 saturated carbocycles. The summed E-state index contributed by atoms with van der Waals surface area (Å²) in [4.78, 5) is 26.4. The largest absolute Gasteiger partial charge is 0.443 e. The summed E-state index contributed by atoms with van der Waals surface area (Å²) in [5.74, 6) is -0.253. The van der Waals surface area contributed by atoms with Gasteiger partial charge in [0.15, 0.2) is 8.32 Å². The highest BCUT2D eigenvalue weighted by molar-refractivity contribution is 6.74. The van der Waals surface area contributed by atoms with Gasteiger partial charge in [0.2, 0.25) is 0 Å². The number of likely N-dealkylation sites (tertiary alicyclic amines) is 1. The second kappa shape index (κ2) is 7.47. The molecule has 5 nitrogen and oxygen atoms in total. The summed E-state index contributed by atoms with van der Waals surface area (Å²) in [6, 6.07) is 0. The molecular formula is C20H37NO4Si. The average molecular weight is 384 g/mol. The first-order valence-corrected chi connectivity index (χ1v) is 12.3. The van der Waals surface area contributed by atoms with Crippen LogP contribution in [-0.4, -0.2) is 43.0 Å². The molecule has 0 aromatic heterocycles. The van der Waals surface area contributed by atoms with Gasteiger partial charge in [-0.05, 0) is 59.2 Å². The molecule has 1 aliphatic heterocycles. The van der Waals surface area contributed by atoms with Gasteiger partial charge in [0.25, 0.3) is 5.91 Å².